The van der Waals surface area contributed by atoms with Crippen LogP contribution in [0.1, 0.15) is 17.5 Å². The lowest BCUT2D eigenvalue weighted by Gasteiger charge is -2.35. The molecule has 4 heterocycles. The molecule has 35 heavy (non-hydrogen) atoms. The normalized spacial score (nSPS) is 15.0. The van der Waals surface area contributed by atoms with Crippen LogP contribution in [0.3, 0.4) is 0 Å². The molecule has 9 heteroatoms. The van der Waals surface area contributed by atoms with Crippen molar-refractivity contribution >= 4 is 34.3 Å². The third kappa shape index (κ3) is 3.88. The number of amides is 1. The van der Waals surface area contributed by atoms with Gasteiger partial charge in [0.1, 0.15) is 5.82 Å². The van der Waals surface area contributed by atoms with E-state index in [1.54, 1.807) is 12.1 Å². The average Bonchev–Trinajstić information content (AvgIpc) is 3.61. The van der Waals surface area contributed by atoms with Gasteiger partial charge in [-0.15, -0.1) is 0 Å². The lowest BCUT2D eigenvalue weighted by molar-refractivity contribution is 0.0714. The summed E-state index contributed by atoms with van der Waals surface area (Å²) in [4.78, 5) is 28.7. The Morgan fingerprint density at radius 1 is 0.971 bits per heavy atom. The second-order valence-electron chi connectivity index (χ2n) is 8.40. The van der Waals surface area contributed by atoms with Crippen molar-refractivity contribution < 1.29 is 18.7 Å². The smallest absolute Gasteiger partial charge is 0.289 e. The second-order valence-corrected chi connectivity index (χ2v) is 8.40. The van der Waals surface area contributed by atoms with E-state index in [9.17, 15) is 4.79 Å². The van der Waals surface area contributed by atoms with Crippen LogP contribution in [-0.4, -0.2) is 60.3 Å². The minimum Gasteiger partial charge on any atom is -0.459 e. The fraction of sp³-hybridized carbons (Fsp3) is 0.269. The molecule has 0 unspecified atom stereocenters. The fourth-order valence-electron chi connectivity index (χ4n) is 4.57. The molecule has 0 saturated carbocycles. The molecule has 4 aromatic rings. The van der Waals surface area contributed by atoms with Crippen LogP contribution in [0.2, 0.25) is 0 Å². The highest BCUT2D eigenvalue weighted by Crippen LogP contribution is 2.39. The van der Waals surface area contributed by atoms with Gasteiger partial charge in [-0.1, -0.05) is 12.1 Å². The molecule has 0 spiro atoms. The standard InChI is InChI=1S/C26H25N5O4/c1-2-31(18-9-10-21-23(16-18)35-17-34-21)24-19-6-3-4-7-20(19)27-26(28-24)30-13-11-29(12-14-30)25(32)22-8-5-15-33-22/h3-10,15-16H,2,11-14,17H2,1H3. The SMILES string of the molecule is CCN(c1ccc2c(c1)OCO2)c1nc(N2CCN(C(=O)c3ccco3)CC2)nc2ccccc12. The number of nitrogens with zero attached hydrogens (tertiary/aromatic N) is 5. The highest BCUT2D eigenvalue weighted by molar-refractivity contribution is 5.93. The molecule has 0 N–H and O–H groups in total. The first-order valence-electron chi connectivity index (χ1n) is 11.7. The molecule has 0 radical (unpaired) electrons. The molecule has 2 aliphatic rings. The van der Waals surface area contributed by atoms with Gasteiger partial charge >= 0.3 is 0 Å². The molecular formula is C26H25N5O4. The van der Waals surface area contributed by atoms with Gasteiger partial charge in [0.2, 0.25) is 12.7 Å². The maximum Gasteiger partial charge on any atom is 0.289 e. The predicted molar refractivity (Wildman–Crippen MR) is 132 cm³/mol. The minimum absolute atomic E-state index is 0.0882. The molecule has 0 atom stereocenters. The number of para-hydroxylation sites is 1. The highest BCUT2D eigenvalue weighted by atomic mass is 16.7. The number of piperazine rings is 1. The summed E-state index contributed by atoms with van der Waals surface area (Å²) in [6.07, 6.45) is 1.52. The number of ether oxygens (including phenoxy) is 2. The minimum atomic E-state index is -0.0882. The van der Waals surface area contributed by atoms with Crippen LogP contribution in [0.15, 0.2) is 65.3 Å². The fourth-order valence-corrected chi connectivity index (χ4v) is 4.57. The number of fused-ring (bicyclic) bond motifs is 2. The molecule has 2 aromatic heterocycles. The third-order valence-corrected chi connectivity index (χ3v) is 6.39. The number of carbonyl (C=O) groups excluding carboxylic acids is 1. The third-order valence-electron chi connectivity index (χ3n) is 6.39. The quantitative estimate of drug-likeness (QED) is 0.431. The van der Waals surface area contributed by atoms with E-state index in [2.05, 4.69) is 16.7 Å². The van der Waals surface area contributed by atoms with Crippen molar-refractivity contribution in [3.63, 3.8) is 0 Å². The molecule has 6 rings (SSSR count). The number of hydrogen-bond acceptors (Lipinski definition) is 8. The van der Waals surface area contributed by atoms with E-state index in [1.807, 2.05) is 47.4 Å². The summed E-state index contributed by atoms with van der Waals surface area (Å²) in [6, 6.07) is 17.4. The Hall–Kier alpha value is -4.27. The van der Waals surface area contributed by atoms with Gasteiger partial charge in [0.05, 0.1) is 11.8 Å². The number of rotatable bonds is 5. The molecule has 1 fully saturated rings. The Morgan fingerprint density at radius 2 is 1.80 bits per heavy atom. The molecule has 178 valence electrons. The van der Waals surface area contributed by atoms with Crippen molar-refractivity contribution in [3.05, 3.63) is 66.6 Å². The van der Waals surface area contributed by atoms with Crippen molar-refractivity contribution in [1.82, 2.24) is 14.9 Å². The van der Waals surface area contributed by atoms with E-state index < -0.39 is 0 Å². The van der Waals surface area contributed by atoms with Crippen LogP contribution < -0.4 is 19.3 Å². The Bertz CT molecular complexity index is 1370. The van der Waals surface area contributed by atoms with E-state index in [1.165, 1.54) is 6.26 Å². The van der Waals surface area contributed by atoms with E-state index in [0.717, 1.165) is 33.9 Å². The van der Waals surface area contributed by atoms with Gasteiger partial charge < -0.3 is 28.6 Å². The Kier molecular flexibility index (Phi) is 5.36. The van der Waals surface area contributed by atoms with E-state index >= 15 is 0 Å². The molecular weight excluding hydrogens is 446 g/mol. The van der Waals surface area contributed by atoms with E-state index in [4.69, 9.17) is 23.9 Å². The molecule has 0 bridgehead atoms. The Labute approximate surface area is 202 Å². The zero-order valence-corrected chi connectivity index (χ0v) is 19.4. The van der Waals surface area contributed by atoms with Gasteiger partial charge in [-0.2, -0.15) is 4.98 Å². The van der Waals surface area contributed by atoms with E-state index in [0.29, 0.717) is 44.4 Å². The number of hydrogen-bond donors (Lipinski definition) is 0. The summed E-state index contributed by atoms with van der Waals surface area (Å²) in [5.41, 5.74) is 1.85. The highest BCUT2D eigenvalue weighted by Gasteiger charge is 2.26. The first-order valence-corrected chi connectivity index (χ1v) is 11.7. The van der Waals surface area contributed by atoms with Crippen molar-refractivity contribution in [2.45, 2.75) is 6.92 Å². The van der Waals surface area contributed by atoms with Gasteiger partial charge in [0.15, 0.2) is 17.3 Å². The molecule has 0 aliphatic carbocycles. The van der Waals surface area contributed by atoms with E-state index in [-0.39, 0.29) is 12.7 Å². The van der Waals surface area contributed by atoms with Crippen LogP contribution in [0.5, 0.6) is 11.5 Å². The Balaban J connectivity index is 1.31. The van der Waals surface area contributed by atoms with Crippen molar-refractivity contribution in [2.24, 2.45) is 0 Å². The summed E-state index contributed by atoms with van der Waals surface area (Å²) in [5, 5.41) is 0.974. The van der Waals surface area contributed by atoms with Gasteiger partial charge in [-0.25, -0.2) is 4.98 Å². The average molecular weight is 472 g/mol. The number of furan rings is 1. The number of carbonyl (C=O) groups is 1. The van der Waals surface area contributed by atoms with Crippen LogP contribution in [0.4, 0.5) is 17.5 Å². The van der Waals surface area contributed by atoms with Crippen LogP contribution in [0, 0.1) is 0 Å². The molecule has 2 aromatic carbocycles. The molecule has 1 amide bonds. The lowest BCUT2D eigenvalue weighted by atomic mass is 10.2. The molecule has 2 aliphatic heterocycles. The summed E-state index contributed by atoms with van der Waals surface area (Å²) in [5.74, 6) is 3.25. The lowest BCUT2D eigenvalue weighted by Crippen LogP contribution is -2.49. The summed E-state index contributed by atoms with van der Waals surface area (Å²) in [6.45, 7) is 5.47. The number of benzene rings is 2. The topological polar surface area (TPSA) is 84.2 Å². The number of anilines is 3. The summed E-state index contributed by atoms with van der Waals surface area (Å²) >= 11 is 0. The molecule has 1 saturated heterocycles. The van der Waals surface area contributed by atoms with Gasteiger partial charge in [0, 0.05) is 49.9 Å². The zero-order valence-electron chi connectivity index (χ0n) is 19.4. The number of aromatic nitrogens is 2. The van der Waals surface area contributed by atoms with Gasteiger partial charge in [-0.05, 0) is 43.3 Å². The zero-order chi connectivity index (χ0) is 23.8. The van der Waals surface area contributed by atoms with Crippen molar-refractivity contribution in [2.75, 3.05) is 49.3 Å². The first-order chi connectivity index (χ1) is 17.2. The maximum atomic E-state index is 12.7. The molecule has 9 nitrogen and oxygen atoms in total. The van der Waals surface area contributed by atoms with Gasteiger partial charge in [-0.3, -0.25) is 4.79 Å². The van der Waals surface area contributed by atoms with Gasteiger partial charge in [0.25, 0.3) is 5.91 Å². The maximum absolute atomic E-state index is 12.7. The second kappa shape index (κ2) is 8.83. The van der Waals surface area contributed by atoms with Crippen LogP contribution in [0.25, 0.3) is 10.9 Å². The van der Waals surface area contributed by atoms with Crippen molar-refractivity contribution in [3.8, 4) is 11.5 Å². The largest absolute Gasteiger partial charge is 0.459 e. The predicted octanol–water partition coefficient (Wildman–Crippen LogP) is 4.07. The van der Waals surface area contributed by atoms with Crippen molar-refractivity contribution in [1.29, 1.82) is 0 Å². The van der Waals surface area contributed by atoms with Crippen LogP contribution in [-0.2, 0) is 0 Å². The monoisotopic (exact) mass is 471 g/mol. The summed E-state index contributed by atoms with van der Waals surface area (Å²) < 4.78 is 16.4. The summed E-state index contributed by atoms with van der Waals surface area (Å²) in [7, 11) is 0. The Morgan fingerprint density at radius 3 is 2.60 bits per heavy atom. The van der Waals surface area contributed by atoms with Crippen LogP contribution >= 0.6 is 0 Å². The first kappa shape index (κ1) is 21.3.